The number of hydrogen-bond acceptors (Lipinski definition) is 4. The molecule has 0 spiro atoms. The molecule has 18 heavy (non-hydrogen) atoms. The Kier molecular flexibility index (Phi) is 4.75. The number of methoxy groups -OCH3 is 1. The molecular weight excluding hydrogens is 246 g/mol. The Morgan fingerprint density at radius 2 is 2.28 bits per heavy atom. The first kappa shape index (κ1) is 13.1. The molecule has 0 saturated carbocycles. The Labute approximate surface area is 111 Å². The van der Waals surface area contributed by atoms with E-state index < -0.39 is 6.10 Å². The van der Waals surface area contributed by atoms with Crippen LogP contribution in [-0.2, 0) is 6.54 Å². The van der Waals surface area contributed by atoms with E-state index >= 15 is 0 Å². The number of aliphatic hydroxyl groups excluding tert-OH is 1. The SMILES string of the molecule is COc1cccc(CNCC(O)c2ccsc2)c1. The largest absolute Gasteiger partial charge is 0.497 e. The summed E-state index contributed by atoms with van der Waals surface area (Å²) in [5.41, 5.74) is 2.12. The third-order valence-corrected chi connectivity index (χ3v) is 3.43. The average Bonchev–Trinajstić information content (AvgIpc) is 2.93. The number of thiophene rings is 1. The summed E-state index contributed by atoms with van der Waals surface area (Å²) < 4.78 is 5.17. The molecule has 1 aromatic heterocycles. The number of nitrogens with one attached hydrogen (secondary N) is 1. The zero-order valence-corrected chi connectivity index (χ0v) is 11.1. The molecule has 2 N–H and O–H groups in total. The molecule has 2 aromatic rings. The zero-order chi connectivity index (χ0) is 12.8. The van der Waals surface area contributed by atoms with Gasteiger partial charge < -0.3 is 15.2 Å². The van der Waals surface area contributed by atoms with Gasteiger partial charge in [0.25, 0.3) is 0 Å². The van der Waals surface area contributed by atoms with E-state index in [1.54, 1.807) is 18.4 Å². The van der Waals surface area contributed by atoms with Crippen molar-refractivity contribution in [1.29, 1.82) is 0 Å². The molecule has 1 heterocycles. The smallest absolute Gasteiger partial charge is 0.119 e. The van der Waals surface area contributed by atoms with Crippen LogP contribution in [0.25, 0.3) is 0 Å². The highest BCUT2D eigenvalue weighted by Gasteiger charge is 2.06. The average molecular weight is 263 g/mol. The summed E-state index contributed by atoms with van der Waals surface area (Å²) in [6.07, 6.45) is -0.443. The summed E-state index contributed by atoms with van der Waals surface area (Å²) in [5, 5.41) is 17.1. The fourth-order valence-electron chi connectivity index (χ4n) is 1.72. The van der Waals surface area contributed by atoms with Gasteiger partial charge >= 0.3 is 0 Å². The second kappa shape index (κ2) is 6.54. The molecule has 0 aliphatic heterocycles. The molecule has 0 fully saturated rings. The van der Waals surface area contributed by atoms with E-state index in [1.807, 2.05) is 41.1 Å². The summed E-state index contributed by atoms with van der Waals surface area (Å²) in [6.45, 7) is 1.27. The molecule has 0 saturated heterocycles. The van der Waals surface area contributed by atoms with Gasteiger partial charge in [0.15, 0.2) is 0 Å². The predicted octanol–water partition coefficient (Wildman–Crippen LogP) is 2.58. The quantitative estimate of drug-likeness (QED) is 0.841. The molecule has 1 unspecified atom stereocenters. The molecular formula is C14H17NO2S. The fourth-order valence-corrected chi connectivity index (χ4v) is 2.43. The van der Waals surface area contributed by atoms with Crippen molar-refractivity contribution in [2.75, 3.05) is 13.7 Å². The van der Waals surface area contributed by atoms with Crippen molar-refractivity contribution >= 4 is 11.3 Å². The maximum absolute atomic E-state index is 9.91. The summed E-state index contributed by atoms with van der Waals surface area (Å²) in [4.78, 5) is 0. The third-order valence-electron chi connectivity index (χ3n) is 2.73. The summed E-state index contributed by atoms with van der Waals surface area (Å²) >= 11 is 1.60. The fraction of sp³-hybridized carbons (Fsp3) is 0.286. The van der Waals surface area contributed by atoms with Crippen LogP contribution >= 0.6 is 11.3 Å². The third kappa shape index (κ3) is 3.57. The van der Waals surface area contributed by atoms with Crippen LogP contribution in [-0.4, -0.2) is 18.8 Å². The van der Waals surface area contributed by atoms with Crippen molar-refractivity contribution < 1.29 is 9.84 Å². The summed E-state index contributed by atoms with van der Waals surface area (Å²) in [7, 11) is 1.66. The molecule has 0 radical (unpaired) electrons. The van der Waals surface area contributed by atoms with Gasteiger partial charge in [0.1, 0.15) is 5.75 Å². The van der Waals surface area contributed by atoms with Crippen molar-refractivity contribution in [3.8, 4) is 5.75 Å². The minimum atomic E-state index is -0.443. The maximum atomic E-state index is 9.91. The van der Waals surface area contributed by atoms with E-state index in [1.165, 1.54) is 0 Å². The molecule has 0 aliphatic rings. The van der Waals surface area contributed by atoms with Gasteiger partial charge in [-0.3, -0.25) is 0 Å². The molecule has 0 amide bonds. The lowest BCUT2D eigenvalue weighted by molar-refractivity contribution is 0.175. The van der Waals surface area contributed by atoms with Crippen LogP contribution in [0.15, 0.2) is 41.1 Å². The Bertz CT molecular complexity index is 470. The van der Waals surface area contributed by atoms with Crippen LogP contribution in [0, 0.1) is 0 Å². The standard InChI is InChI=1S/C14H17NO2S/c1-17-13-4-2-3-11(7-13)8-15-9-14(16)12-5-6-18-10-12/h2-7,10,14-16H,8-9H2,1H3. The van der Waals surface area contributed by atoms with Gasteiger partial charge in [0.05, 0.1) is 13.2 Å². The van der Waals surface area contributed by atoms with Crippen molar-refractivity contribution in [3.05, 3.63) is 52.2 Å². The van der Waals surface area contributed by atoms with Crippen LogP contribution in [0.1, 0.15) is 17.2 Å². The minimum Gasteiger partial charge on any atom is -0.497 e. The summed E-state index contributed by atoms with van der Waals surface area (Å²) in [6, 6.07) is 9.86. The Hall–Kier alpha value is -1.36. The van der Waals surface area contributed by atoms with Crippen LogP contribution in [0.4, 0.5) is 0 Å². The molecule has 0 aliphatic carbocycles. The lowest BCUT2D eigenvalue weighted by atomic mass is 10.2. The predicted molar refractivity (Wildman–Crippen MR) is 74.0 cm³/mol. The molecule has 2 rings (SSSR count). The number of ether oxygens (including phenoxy) is 1. The van der Waals surface area contributed by atoms with E-state index in [0.717, 1.165) is 23.4 Å². The van der Waals surface area contributed by atoms with Crippen LogP contribution in [0.2, 0.25) is 0 Å². The minimum absolute atomic E-state index is 0.443. The molecule has 0 bridgehead atoms. The monoisotopic (exact) mass is 263 g/mol. The highest BCUT2D eigenvalue weighted by Crippen LogP contribution is 2.16. The van der Waals surface area contributed by atoms with Gasteiger partial charge in [-0.15, -0.1) is 0 Å². The maximum Gasteiger partial charge on any atom is 0.119 e. The molecule has 96 valence electrons. The lowest BCUT2D eigenvalue weighted by Gasteiger charge is -2.11. The van der Waals surface area contributed by atoms with E-state index in [4.69, 9.17) is 4.74 Å². The zero-order valence-electron chi connectivity index (χ0n) is 10.3. The second-order valence-corrected chi connectivity index (χ2v) is 4.83. The first-order valence-corrected chi connectivity index (χ1v) is 6.77. The molecule has 1 aromatic carbocycles. The molecule has 3 nitrogen and oxygen atoms in total. The first-order valence-electron chi connectivity index (χ1n) is 5.83. The molecule has 1 atom stereocenters. The number of hydrogen-bond donors (Lipinski definition) is 2. The van der Waals surface area contributed by atoms with E-state index in [-0.39, 0.29) is 0 Å². The van der Waals surface area contributed by atoms with E-state index in [2.05, 4.69) is 5.32 Å². The Morgan fingerprint density at radius 3 is 3.00 bits per heavy atom. The van der Waals surface area contributed by atoms with Crippen LogP contribution in [0.5, 0.6) is 5.75 Å². The molecule has 4 heteroatoms. The Morgan fingerprint density at radius 1 is 1.39 bits per heavy atom. The van der Waals surface area contributed by atoms with E-state index in [0.29, 0.717) is 6.54 Å². The number of aliphatic hydroxyl groups is 1. The van der Waals surface area contributed by atoms with Gasteiger partial charge in [-0.25, -0.2) is 0 Å². The normalized spacial score (nSPS) is 12.3. The van der Waals surface area contributed by atoms with Crippen LogP contribution < -0.4 is 10.1 Å². The Balaban J connectivity index is 1.81. The summed E-state index contributed by atoms with van der Waals surface area (Å²) in [5.74, 6) is 0.854. The lowest BCUT2D eigenvalue weighted by Crippen LogP contribution is -2.20. The topological polar surface area (TPSA) is 41.5 Å². The van der Waals surface area contributed by atoms with Gasteiger partial charge in [-0.1, -0.05) is 12.1 Å². The van der Waals surface area contributed by atoms with Crippen molar-refractivity contribution in [1.82, 2.24) is 5.32 Å². The number of rotatable bonds is 6. The number of benzene rings is 1. The van der Waals surface area contributed by atoms with Crippen LogP contribution in [0.3, 0.4) is 0 Å². The van der Waals surface area contributed by atoms with E-state index in [9.17, 15) is 5.11 Å². The highest BCUT2D eigenvalue weighted by molar-refractivity contribution is 7.07. The first-order chi connectivity index (χ1) is 8.79. The second-order valence-electron chi connectivity index (χ2n) is 4.05. The van der Waals surface area contributed by atoms with Gasteiger partial charge in [0.2, 0.25) is 0 Å². The van der Waals surface area contributed by atoms with Gasteiger partial charge in [0, 0.05) is 13.1 Å². The van der Waals surface area contributed by atoms with Crippen molar-refractivity contribution in [2.45, 2.75) is 12.6 Å². The van der Waals surface area contributed by atoms with Gasteiger partial charge in [-0.2, -0.15) is 11.3 Å². The van der Waals surface area contributed by atoms with Crippen molar-refractivity contribution in [2.24, 2.45) is 0 Å². The highest BCUT2D eigenvalue weighted by atomic mass is 32.1. The van der Waals surface area contributed by atoms with Gasteiger partial charge in [-0.05, 0) is 40.1 Å². The van der Waals surface area contributed by atoms with Crippen molar-refractivity contribution in [3.63, 3.8) is 0 Å².